The topological polar surface area (TPSA) is 88.8 Å². The number of nitrogens with two attached hydrogens (primary N) is 1. The smallest absolute Gasteiger partial charge is 0.126 e. The molecule has 8 heteroatoms. The monoisotopic (exact) mass is 339 g/mol. The molecule has 4 N–H and O–H groups in total. The number of nitrogen functional groups attached to an aromatic ring is 1. The van der Waals surface area contributed by atoms with E-state index in [1.165, 1.54) is 0 Å². The van der Waals surface area contributed by atoms with E-state index in [4.69, 9.17) is 10.5 Å². The van der Waals surface area contributed by atoms with Gasteiger partial charge in [-0.25, -0.2) is 4.98 Å². The van der Waals surface area contributed by atoms with Crippen molar-refractivity contribution in [1.29, 1.82) is 0 Å². The predicted molar refractivity (Wildman–Crippen MR) is 93.8 cm³/mol. The van der Waals surface area contributed by atoms with Crippen LogP contribution in [0, 0.1) is 0 Å². The molecule has 118 valence electrons. The Balaban J connectivity index is 0.00000176. The Morgan fingerprint density at radius 1 is 1.45 bits per heavy atom. The summed E-state index contributed by atoms with van der Waals surface area (Å²) in [5, 5.41) is 10.3. The van der Waals surface area contributed by atoms with E-state index >= 15 is 0 Å². The number of methoxy groups -OCH3 is 1. The summed E-state index contributed by atoms with van der Waals surface area (Å²) in [5.74, 6) is 0.504. The summed E-state index contributed by atoms with van der Waals surface area (Å²) < 4.78 is 6.34. The summed E-state index contributed by atoms with van der Waals surface area (Å²) in [7, 11) is 1.70. The Hall–Kier alpha value is -1.83. The zero-order chi connectivity index (χ0) is 14.8. The molecule has 3 aromatic heterocycles. The van der Waals surface area contributed by atoms with Gasteiger partial charge in [-0.1, -0.05) is 0 Å². The van der Waals surface area contributed by atoms with E-state index in [1.807, 2.05) is 25.1 Å². The molecule has 0 aliphatic rings. The average molecular weight is 340 g/mol. The van der Waals surface area contributed by atoms with Gasteiger partial charge in [0.1, 0.15) is 5.82 Å². The Morgan fingerprint density at radius 2 is 2.27 bits per heavy atom. The largest absolute Gasteiger partial charge is 0.384 e. The van der Waals surface area contributed by atoms with Gasteiger partial charge in [-0.2, -0.15) is 5.10 Å². The average Bonchev–Trinajstić information content (AvgIpc) is 3.12. The third-order valence-electron chi connectivity index (χ3n) is 3.25. The fourth-order valence-corrected chi connectivity index (χ4v) is 3.10. The third-order valence-corrected chi connectivity index (χ3v) is 4.44. The molecule has 0 saturated heterocycles. The van der Waals surface area contributed by atoms with Crippen LogP contribution in [0.5, 0.6) is 0 Å². The number of H-pyrrole nitrogens is 1. The number of hydrogen-bond donors (Lipinski definition) is 3. The van der Waals surface area contributed by atoms with Crippen LogP contribution in [0.4, 0.5) is 11.5 Å². The lowest BCUT2D eigenvalue weighted by Crippen LogP contribution is -2.18. The Bertz CT molecular complexity index is 743. The number of aromatic amines is 1. The van der Waals surface area contributed by atoms with Gasteiger partial charge in [-0.05, 0) is 19.1 Å². The molecule has 0 radical (unpaired) electrons. The van der Waals surface area contributed by atoms with E-state index in [0.717, 1.165) is 26.5 Å². The molecule has 0 amide bonds. The second kappa shape index (κ2) is 6.95. The molecule has 0 unspecified atom stereocenters. The van der Waals surface area contributed by atoms with Crippen molar-refractivity contribution in [1.82, 2.24) is 15.2 Å². The van der Waals surface area contributed by atoms with Crippen molar-refractivity contribution < 1.29 is 4.74 Å². The summed E-state index contributed by atoms with van der Waals surface area (Å²) in [5.41, 5.74) is 8.74. The van der Waals surface area contributed by atoms with Gasteiger partial charge in [-0.15, -0.1) is 23.7 Å². The molecule has 3 heterocycles. The lowest BCUT2D eigenvalue weighted by atomic mass is 10.3. The Morgan fingerprint density at radius 3 is 2.95 bits per heavy atom. The minimum absolute atomic E-state index is 0. The van der Waals surface area contributed by atoms with Crippen LogP contribution in [-0.4, -0.2) is 34.9 Å². The fraction of sp³-hybridized carbons (Fsp3) is 0.286. The van der Waals surface area contributed by atoms with Crippen molar-refractivity contribution in [2.45, 2.75) is 13.0 Å². The number of pyridine rings is 1. The van der Waals surface area contributed by atoms with E-state index in [0.29, 0.717) is 12.4 Å². The van der Waals surface area contributed by atoms with Gasteiger partial charge in [0, 0.05) is 25.9 Å². The molecular formula is C14H18ClN5OS. The van der Waals surface area contributed by atoms with Crippen molar-refractivity contribution in [2.24, 2.45) is 0 Å². The maximum Gasteiger partial charge on any atom is 0.126 e. The molecule has 0 aliphatic carbocycles. The van der Waals surface area contributed by atoms with Gasteiger partial charge >= 0.3 is 0 Å². The number of hydrogen-bond acceptors (Lipinski definition) is 6. The van der Waals surface area contributed by atoms with Gasteiger partial charge in [0.05, 0.1) is 32.6 Å². The summed E-state index contributed by atoms with van der Waals surface area (Å²) in [6, 6.07) is 5.82. The number of anilines is 2. The number of halogens is 1. The lowest BCUT2D eigenvalue weighted by Gasteiger charge is -2.12. The number of thiophene rings is 1. The number of ether oxygens (including phenoxy) is 1. The molecule has 0 saturated carbocycles. The van der Waals surface area contributed by atoms with Crippen LogP contribution in [0.25, 0.3) is 20.8 Å². The van der Waals surface area contributed by atoms with E-state index in [9.17, 15) is 0 Å². The molecule has 0 spiro atoms. The second-order valence-corrected chi connectivity index (χ2v) is 5.87. The maximum atomic E-state index is 5.89. The highest BCUT2D eigenvalue weighted by molar-refractivity contribution is 7.22. The predicted octanol–water partition coefficient (Wildman–Crippen LogP) is 3.14. The van der Waals surface area contributed by atoms with E-state index in [1.54, 1.807) is 24.6 Å². The number of aromatic nitrogens is 3. The molecule has 6 nitrogen and oxygen atoms in total. The minimum Gasteiger partial charge on any atom is -0.384 e. The summed E-state index contributed by atoms with van der Waals surface area (Å²) in [4.78, 5) is 5.48. The molecule has 0 fully saturated rings. The molecular weight excluding hydrogens is 322 g/mol. The first-order valence-corrected chi connectivity index (χ1v) is 7.45. The van der Waals surface area contributed by atoms with Crippen LogP contribution < -0.4 is 11.1 Å². The van der Waals surface area contributed by atoms with Crippen LogP contribution in [0.15, 0.2) is 24.4 Å². The van der Waals surface area contributed by atoms with Crippen LogP contribution in [0.1, 0.15) is 6.92 Å². The van der Waals surface area contributed by atoms with E-state index in [-0.39, 0.29) is 18.5 Å². The maximum absolute atomic E-state index is 5.89. The summed E-state index contributed by atoms with van der Waals surface area (Å²) in [6.07, 6.45) is 1.86. The van der Waals surface area contributed by atoms with Gasteiger partial charge in [-0.3, -0.25) is 5.10 Å². The van der Waals surface area contributed by atoms with Crippen LogP contribution in [0.2, 0.25) is 0 Å². The van der Waals surface area contributed by atoms with Crippen LogP contribution in [-0.2, 0) is 4.74 Å². The van der Waals surface area contributed by atoms with Crippen LogP contribution in [0.3, 0.4) is 0 Å². The van der Waals surface area contributed by atoms with E-state index < -0.39 is 0 Å². The molecule has 0 aliphatic heterocycles. The normalized spacial score (nSPS) is 12.1. The third kappa shape index (κ3) is 3.32. The SMILES string of the molecule is CO[C@H](C)CNc1cc(N)nc2cc(-c3ccn[nH]3)sc12.Cl. The molecule has 1 atom stereocenters. The standard InChI is InChI=1S/C14H17N5OS.ClH/c1-8(20-2)7-16-10-6-13(15)18-11-5-12(21-14(10)11)9-3-4-17-19-9;/h3-6,8H,7H2,1-2H3,(H,17,19)(H3,15,16,18);1H/t8-;/m1./s1. The van der Waals surface area contributed by atoms with Gasteiger partial charge < -0.3 is 15.8 Å². The first-order valence-electron chi connectivity index (χ1n) is 6.64. The van der Waals surface area contributed by atoms with Gasteiger partial charge in [0.2, 0.25) is 0 Å². The molecule has 22 heavy (non-hydrogen) atoms. The number of nitrogens with zero attached hydrogens (tertiary/aromatic N) is 2. The zero-order valence-electron chi connectivity index (χ0n) is 12.3. The van der Waals surface area contributed by atoms with Crippen molar-refractivity contribution in [3.8, 4) is 10.6 Å². The number of fused-ring (bicyclic) bond motifs is 1. The number of rotatable bonds is 5. The Labute approximate surface area is 138 Å². The highest BCUT2D eigenvalue weighted by Crippen LogP contribution is 2.36. The summed E-state index contributed by atoms with van der Waals surface area (Å²) in [6.45, 7) is 2.73. The van der Waals surface area contributed by atoms with Gasteiger partial charge in [0.15, 0.2) is 0 Å². The first kappa shape index (κ1) is 16.5. The van der Waals surface area contributed by atoms with Gasteiger partial charge in [0.25, 0.3) is 0 Å². The quantitative estimate of drug-likeness (QED) is 0.664. The highest BCUT2D eigenvalue weighted by Gasteiger charge is 2.12. The van der Waals surface area contributed by atoms with Crippen molar-refractivity contribution in [2.75, 3.05) is 24.7 Å². The van der Waals surface area contributed by atoms with Crippen molar-refractivity contribution in [3.05, 3.63) is 24.4 Å². The minimum atomic E-state index is 0. The molecule has 3 aromatic rings. The van der Waals surface area contributed by atoms with Crippen molar-refractivity contribution >= 4 is 45.5 Å². The lowest BCUT2D eigenvalue weighted by molar-refractivity contribution is 0.129. The highest BCUT2D eigenvalue weighted by atomic mass is 35.5. The first-order chi connectivity index (χ1) is 10.2. The molecule has 0 bridgehead atoms. The molecule has 3 rings (SSSR count). The van der Waals surface area contributed by atoms with E-state index in [2.05, 4.69) is 20.5 Å². The Kier molecular flexibility index (Phi) is 5.23. The molecule has 0 aromatic carbocycles. The summed E-state index contributed by atoms with van der Waals surface area (Å²) >= 11 is 1.66. The van der Waals surface area contributed by atoms with Crippen LogP contribution >= 0.6 is 23.7 Å². The van der Waals surface area contributed by atoms with Crippen molar-refractivity contribution in [3.63, 3.8) is 0 Å². The second-order valence-electron chi connectivity index (χ2n) is 4.82. The number of nitrogens with one attached hydrogen (secondary N) is 2. The zero-order valence-corrected chi connectivity index (χ0v) is 13.9. The fourth-order valence-electron chi connectivity index (χ4n) is 2.04.